The lowest BCUT2D eigenvalue weighted by molar-refractivity contribution is -0.154. The van der Waals surface area contributed by atoms with Gasteiger partial charge >= 0.3 is 23.9 Å². The Kier molecular flexibility index (Phi) is 32.1. The van der Waals surface area contributed by atoms with Crippen molar-refractivity contribution in [3.8, 4) is 5.75 Å². The van der Waals surface area contributed by atoms with Crippen LogP contribution < -0.4 is 0 Å². The van der Waals surface area contributed by atoms with Crippen LogP contribution in [0.3, 0.4) is 0 Å². The fourth-order valence-electron chi connectivity index (χ4n) is 9.11. The summed E-state index contributed by atoms with van der Waals surface area (Å²) in [6.45, 7) is 30.1. The largest absolute Gasteiger partial charge is 0.508 e. The van der Waals surface area contributed by atoms with Crippen LogP contribution in [0.25, 0.3) is 12.2 Å². The molecule has 5 fully saturated rings. The summed E-state index contributed by atoms with van der Waals surface area (Å²) in [5, 5.41) is 8.82. The monoisotopic (exact) mass is 981 g/mol. The van der Waals surface area contributed by atoms with Crippen LogP contribution in [-0.2, 0) is 38.1 Å². The van der Waals surface area contributed by atoms with Gasteiger partial charge < -0.3 is 24.1 Å². The van der Waals surface area contributed by atoms with Crippen molar-refractivity contribution in [2.45, 2.75) is 162 Å². The molecular formula is C57H86O9S2. The number of hydrogen-bond acceptors (Lipinski definition) is 9. The molecule has 5 saturated carbocycles. The predicted octanol–water partition coefficient (Wildman–Crippen LogP) is 14.2. The first kappa shape index (κ1) is 63.3. The van der Waals surface area contributed by atoms with Crippen molar-refractivity contribution in [2.75, 3.05) is 0 Å². The molecule has 0 amide bonds. The van der Waals surface area contributed by atoms with Crippen LogP contribution in [0.4, 0.5) is 0 Å². The SMILES string of the molecule is C.C=C(C)C(=O)OC1(CC)CCCC1.C=CC(=O)OC(C)(C)C.C=CC(=O)OC1CC2CC1C1CCCC21.C=CC(=O)OC1CCCCC1.C=Cc1ccc(O)cc1.C=Cc1ccccc1.S.[3H]S. The molecule has 0 radical (unpaired) electrons. The van der Waals surface area contributed by atoms with Gasteiger partial charge in [-0.1, -0.05) is 121 Å². The van der Waals surface area contributed by atoms with E-state index in [1.54, 1.807) is 25.1 Å². The molecule has 11 heteroatoms. The van der Waals surface area contributed by atoms with Crippen LogP contribution >= 0.6 is 26.9 Å². The van der Waals surface area contributed by atoms with E-state index < -0.39 is 5.60 Å². The molecule has 5 unspecified atom stereocenters. The molecule has 380 valence electrons. The number of hydrogen-bond donors (Lipinski definition) is 1. The number of esters is 4. The lowest BCUT2D eigenvalue weighted by Gasteiger charge is -2.30. The molecule has 0 aromatic heterocycles. The Morgan fingerprint density at radius 3 is 1.68 bits per heavy atom. The molecule has 0 spiro atoms. The highest BCUT2D eigenvalue weighted by Gasteiger charge is 2.55. The van der Waals surface area contributed by atoms with Gasteiger partial charge in [-0.3, -0.25) is 0 Å². The van der Waals surface area contributed by atoms with E-state index in [0.717, 1.165) is 67.9 Å². The molecule has 0 saturated heterocycles. The normalized spacial score (nSPS) is 20.9. The van der Waals surface area contributed by atoms with E-state index in [2.05, 4.69) is 59.8 Å². The van der Waals surface area contributed by atoms with Crippen molar-refractivity contribution in [2.24, 2.45) is 23.7 Å². The molecule has 1 N–H and O–H groups in total. The van der Waals surface area contributed by atoms with Crippen molar-refractivity contribution in [1.82, 2.24) is 0 Å². The van der Waals surface area contributed by atoms with Gasteiger partial charge in [-0.05, 0) is 158 Å². The van der Waals surface area contributed by atoms with Crippen LogP contribution in [0.5, 0.6) is 5.75 Å². The highest BCUT2D eigenvalue weighted by atomic mass is 32.1. The number of carbonyl (C=O) groups excluding carboxylic acids is 4. The van der Waals surface area contributed by atoms with Gasteiger partial charge in [-0.15, -0.1) is 0 Å². The Bertz CT molecular complexity index is 1850. The van der Waals surface area contributed by atoms with E-state index in [-0.39, 0.29) is 62.6 Å². The van der Waals surface area contributed by atoms with Crippen molar-refractivity contribution in [1.29, 1.82) is 1.12 Å². The molecule has 2 bridgehead atoms. The molecular weight excluding hydrogens is 893 g/mol. The van der Waals surface area contributed by atoms with E-state index in [0.29, 0.717) is 17.2 Å². The Labute approximate surface area is 425 Å². The minimum absolute atomic E-state index is 0. The van der Waals surface area contributed by atoms with Crippen LogP contribution in [0.1, 0.15) is 149 Å². The standard InChI is InChI=1S/C13H18O2.C11H18O2.C9H14O2.C8H8O.C8H8.C7H12O2.CH4.2H2S/c1-2-13(14)15-12-7-8-6-11(12)10-5-3-4-9(8)10;1-4-11(7-5-6-8-11)13-10(12)9(2)3;1-2-9(10)11-8-6-4-3-5-7-8;1-2-7-3-5-8(9)6-4-7;1-2-8-6-4-3-5-7-8;1-5-6(8)9-7(2,3)4;;;/h2,8-12H,1,3-7H2;2,4-8H2,1,3H3;2,8H,1,3-7H2;2-6,9H,1H2;2-7H,1H2;5H,1H2,2-4H3;1H4;2*1H2/i/hT. The van der Waals surface area contributed by atoms with Gasteiger partial charge in [0.15, 0.2) is 0 Å². The number of benzene rings is 2. The number of phenols is 1. The van der Waals surface area contributed by atoms with Crippen molar-refractivity contribution < 1.29 is 43.2 Å². The summed E-state index contributed by atoms with van der Waals surface area (Å²) >= 11 is 2.78. The number of fused-ring (bicyclic) bond motifs is 5. The highest BCUT2D eigenvalue weighted by Crippen LogP contribution is 2.59. The van der Waals surface area contributed by atoms with Gasteiger partial charge in [0.25, 0.3) is 0 Å². The average molecular weight is 981 g/mol. The second-order valence-corrected chi connectivity index (χ2v) is 18.3. The van der Waals surface area contributed by atoms with E-state index >= 15 is 0 Å². The topological polar surface area (TPSA) is 125 Å². The maximum absolute atomic E-state index is 11.3. The zero-order chi connectivity index (χ0) is 50.4. The molecule has 5 aliphatic carbocycles. The summed E-state index contributed by atoms with van der Waals surface area (Å²) in [6.07, 6.45) is 25.3. The lowest BCUT2D eigenvalue weighted by Crippen LogP contribution is -2.31. The average Bonchev–Trinajstić information content (AvgIpc) is 4.16. The van der Waals surface area contributed by atoms with E-state index in [9.17, 15) is 19.2 Å². The third-order valence-corrected chi connectivity index (χ3v) is 12.4. The molecule has 2 aromatic rings. The van der Waals surface area contributed by atoms with Crippen LogP contribution in [0, 0.1) is 23.7 Å². The Morgan fingerprint density at radius 2 is 1.22 bits per heavy atom. The van der Waals surface area contributed by atoms with E-state index in [4.69, 9.17) is 25.2 Å². The summed E-state index contributed by atoms with van der Waals surface area (Å²) in [6, 6.07) is 16.9. The first-order valence-corrected chi connectivity index (χ1v) is 23.4. The van der Waals surface area contributed by atoms with Crippen molar-refractivity contribution in [3.05, 3.63) is 129 Å². The first-order valence-electron chi connectivity index (χ1n) is 23.9. The summed E-state index contributed by atoms with van der Waals surface area (Å²) in [4.78, 5) is 43.8. The molecule has 7 rings (SSSR count). The third kappa shape index (κ3) is 24.5. The predicted molar refractivity (Wildman–Crippen MR) is 291 cm³/mol. The number of rotatable bonds is 10. The van der Waals surface area contributed by atoms with Crippen LogP contribution in [0.2, 0.25) is 0 Å². The molecule has 5 atom stereocenters. The lowest BCUT2D eigenvalue weighted by atomic mass is 9.80. The fourth-order valence-corrected chi connectivity index (χ4v) is 9.11. The quantitative estimate of drug-likeness (QED) is 0.141. The van der Waals surface area contributed by atoms with Crippen molar-refractivity contribution in [3.63, 3.8) is 0 Å². The van der Waals surface area contributed by atoms with Crippen LogP contribution in [-0.4, -0.2) is 53.5 Å². The maximum atomic E-state index is 11.3. The second-order valence-electron chi connectivity index (χ2n) is 18.3. The van der Waals surface area contributed by atoms with Crippen LogP contribution in [0.15, 0.2) is 118 Å². The molecule has 5 aliphatic rings. The number of aromatic hydroxyl groups is 1. The van der Waals surface area contributed by atoms with Gasteiger partial charge in [0, 0.05) is 23.8 Å². The number of carbonyl (C=O) groups is 4. The molecule has 0 heterocycles. The van der Waals surface area contributed by atoms with Gasteiger partial charge in [0.2, 0.25) is 0 Å². The number of phenolic OH excluding ortho intramolecular Hbond substituents is 1. The summed E-state index contributed by atoms with van der Waals surface area (Å²) in [7, 11) is 0. The number of ether oxygens (including phenoxy) is 4. The summed E-state index contributed by atoms with van der Waals surface area (Å²) in [5.74, 6) is 2.53. The van der Waals surface area contributed by atoms with Gasteiger partial charge in [0.1, 0.15) is 29.2 Å². The van der Waals surface area contributed by atoms with Crippen molar-refractivity contribution >= 4 is 62.9 Å². The zero-order valence-electron chi connectivity index (χ0n) is 42.1. The summed E-state index contributed by atoms with van der Waals surface area (Å²) in [5.41, 5.74) is 2.13. The molecule has 2 aromatic carbocycles. The van der Waals surface area contributed by atoms with Gasteiger partial charge in [0.05, 0.1) is 1.12 Å². The smallest absolute Gasteiger partial charge is 0.333 e. The highest BCUT2D eigenvalue weighted by molar-refractivity contribution is 7.59. The molecule has 9 nitrogen and oxygen atoms in total. The summed E-state index contributed by atoms with van der Waals surface area (Å²) < 4.78 is 26.3. The second kappa shape index (κ2) is 34.5. The fraction of sp³-hybridized carbons (Fsp3) is 0.509. The molecule has 0 aliphatic heterocycles. The Balaban J connectivity index is 0. The third-order valence-electron chi connectivity index (χ3n) is 12.4. The van der Waals surface area contributed by atoms with E-state index in [1.165, 1.54) is 75.5 Å². The van der Waals surface area contributed by atoms with Gasteiger partial charge in [-0.2, -0.15) is 26.9 Å². The minimum atomic E-state index is -0.398. The van der Waals surface area contributed by atoms with Gasteiger partial charge in [-0.25, -0.2) is 19.2 Å². The first-order chi connectivity index (χ1) is 31.9. The zero-order valence-corrected chi connectivity index (χ0v) is 43.0. The van der Waals surface area contributed by atoms with E-state index in [1.807, 2.05) is 69.3 Å². The maximum Gasteiger partial charge on any atom is 0.333 e. The molecule has 68 heavy (non-hydrogen) atoms. The Hall–Kier alpha value is -4.74. The minimum Gasteiger partial charge on any atom is -0.508 e. The Morgan fingerprint density at radius 1 is 0.706 bits per heavy atom.